The quantitative estimate of drug-likeness (QED) is 0.0338. The minimum Gasteiger partial charge on any atom is -0.493 e. The summed E-state index contributed by atoms with van der Waals surface area (Å²) < 4.78 is 106. The van der Waals surface area contributed by atoms with Crippen molar-refractivity contribution < 1.29 is 75.8 Å². The Hall–Kier alpha value is -17.3. The van der Waals surface area contributed by atoms with E-state index in [4.69, 9.17) is 106 Å². The Kier molecular flexibility index (Phi) is 27.1. The molecule has 17 rings (SSSR count). The van der Waals surface area contributed by atoms with Gasteiger partial charge in [-0.05, 0) is 241 Å². The molecule has 0 spiro atoms. The lowest BCUT2D eigenvalue weighted by atomic mass is 10.1. The number of methoxy groups -OCH3 is 8. The minimum absolute atomic E-state index is 0.132. The van der Waals surface area contributed by atoms with Crippen molar-refractivity contribution in [1.29, 1.82) is 0 Å². The lowest BCUT2D eigenvalue weighted by Crippen LogP contribution is -1.97. The van der Waals surface area contributed by atoms with E-state index in [0.717, 1.165) is 44.5 Å². The van der Waals surface area contributed by atoms with Crippen molar-refractivity contribution in [3.05, 3.63) is 340 Å². The third-order valence-corrected chi connectivity index (χ3v) is 22.7. The third-order valence-electron chi connectivity index (χ3n) is 22.7. The van der Waals surface area contributed by atoms with E-state index in [2.05, 4.69) is 62.6 Å². The number of benzene rings is 12. The van der Waals surface area contributed by atoms with Crippen LogP contribution in [-0.4, -0.2) is 96.8 Å². The molecule has 3 aromatic heterocycles. The summed E-state index contributed by atoms with van der Waals surface area (Å²) in [6, 6.07) is 59.9. The predicted molar refractivity (Wildman–Crippen MR) is 532 cm³/mol. The maximum atomic E-state index is 7.15. The van der Waals surface area contributed by atoms with Gasteiger partial charge in [0.05, 0.1) is 56.9 Å². The van der Waals surface area contributed by atoms with E-state index in [1.54, 1.807) is 81.1 Å². The molecule has 2 N–H and O–H groups in total. The molecule has 0 atom stereocenters. The molecule has 0 amide bonds. The molecule has 2 aliphatic heterocycles. The van der Waals surface area contributed by atoms with Crippen LogP contribution in [0.2, 0.25) is 0 Å². The van der Waals surface area contributed by atoms with E-state index in [1.165, 1.54) is 0 Å². The first-order valence-corrected chi connectivity index (χ1v) is 43.7. The Morgan fingerprint density at radius 3 is 0.471 bits per heavy atom. The van der Waals surface area contributed by atoms with Gasteiger partial charge in [0.1, 0.15) is 22.6 Å². The molecular weight excluding hydrogens is 1710 g/mol. The van der Waals surface area contributed by atoms with Gasteiger partial charge in [-0.3, -0.25) is 0 Å². The van der Waals surface area contributed by atoms with Gasteiger partial charge in [-0.2, -0.15) is 0 Å². The highest BCUT2D eigenvalue weighted by Crippen LogP contribution is 2.54. The topological polar surface area (TPSA) is 257 Å². The fraction of sp³-hybridized carbons (Fsp3) is 0.143. The van der Waals surface area contributed by atoms with Crippen molar-refractivity contribution in [2.45, 2.75) is 51.4 Å². The zero-order valence-electron chi connectivity index (χ0n) is 76.6. The molecule has 15 aromatic rings. The molecule has 0 radical (unpaired) electrons. The van der Waals surface area contributed by atoms with Crippen LogP contribution in [-0.2, 0) is 51.4 Å². The Morgan fingerprint density at radius 2 is 0.331 bits per heavy atom. The van der Waals surface area contributed by atoms with Crippen molar-refractivity contribution in [3.8, 4) is 184 Å². The van der Waals surface area contributed by atoms with E-state index in [1.807, 2.05) is 218 Å². The number of fused-ring (bicyclic) bond motifs is 20. The van der Waals surface area contributed by atoms with Crippen LogP contribution in [0.5, 0.6) is 138 Å². The first-order chi connectivity index (χ1) is 66.5. The first kappa shape index (κ1) is 90.6. The number of aromatic amines is 2. The molecule has 24 nitrogen and oxygen atoms in total. The molecule has 0 aliphatic carbocycles. The van der Waals surface area contributed by atoms with Crippen LogP contribution in [0, 0.1) is 0 Å². The van der Waals surface area contributed by atoms with E-state index < -0.39 is 0 Å². The summed E-state index contributed by atoms with van der Waals surface area (Å²) >= 11 is 0. The van der Waals surface area contributed by atoms with Gasteiger partial charge in [0.15, 0.2) is 161 Å². The average molecular weight is 1810 g/mol. The number of hydrogen-bond acceptors (Lipinski definition) is 22. The normalized spacial score (nSPS) is 11.1. The van der Waals surface area contributed by atoms with Gasteiger partial charge >= 0.3 is 0 Å². The maximum absolute atomic E-state index is 7.15. The van der Waals surface area contributed by atoms with Crippen molar-refractivity contribution in [1.82, 2.24) is 39.9 Å². The second-order valence-electron chi connectivity index (χ2n) is 31.6. The molecule has 682 valence electrons. The average Bonchev–Trinajstić information content (AvgIpc) is 1.58. The standard InChI is InChI=1S/C112H98N8O16/c1-17-25-65-33-41-81(89(49-65)121-9)129-97-57-73-74(58-98(97)130-82-42-34-66(26-18-2)50-90(82)122-10)106-113-105(73)117-107-75-59-99(131-83-43-35-67(27-19-3)51-91(83)123-11)100(132-84-44-36-68(28-20-4)52-92(84)124-12)60-76(75)109(114-107)119-111-79-63-103(135-87-47-39-71(31-23-7)55-95(87)127-15)104(136-88-48-40-72(32-24-8)56-96(88)128-16)64-80(79)112(116-111)120-110-78-62-102(134-86-46-38-70(30-22-6)54-94(86)126-14)101(61-77(78)108(115-110)118-106)133-85-45-37-69(29-21-5)53-93(85)125-13/h17-24,33-64H,1-8,25-32H2,9-16H3,(H2,113,114,115,116,117,118,119,120). The highest BCUT2D eigenvalue weighted by molar-refractivity contribution is 6.08. The van der Waals surface area contributed by atoms with Crippen LogP contribution in [0.4, 0.5) is 0 Å². The number of nitrogens with one attached hydrogen (secondary N) is 2. The van der Waals surface area contributed by atoms with Gasteiger partial charge < -0.3 is 85.8 Å². The molecule has 0 saturated carbocycles. The highest BCUT2D eigenvalue weighted by Gasteiger charge is 2.32. The van der Waals surface area contributed by atoms with Gasteiger partial charge in [-0.15, -0.1) is 52.6 Å². The number of rotatable bonds is 40. The van der Waals surface area contributed by atoms with Gasteiger partial charge in [0, 0.05) is 43.8 Å². The molecule has 0 unspecified atom stereocenters. The van der Waals surface area contributed by atoms with E-state index >= 15 is 0 Å². The van der Waals surface area contributed by atoms with Crippen LogP contribution in [0.25, 0.3) is 89.7 Å². The summed E-state index contributed by atoms with van der Waals surface area (Å²) in [5, 5.41) is 1.80. The van der Waals surface area contributed by atoms with Crippen molar-refractivity contribution in [2.24, 2.45) is 0 Å². The summed E-state index contributed by atoms with van der Waals surface area (Å²) in [6.07, 6.45) is 19.0. The largest absolute Gasteiger partial charge is 0.493 e. The van der Waals surface area contributed by atoms with Crippen LogP contribution in [0.3, 0.4) is 0 Å². The zero-order chi connectivity index (χ0) is 94.6. The SMILES string of the molecule is C=CCc1ccc(Oc2cc3c(cc2Oc2ccc(CC=C)cc2OC)-c2nc-3nc3[nH]c(nc4nc(nc5[nH]c(n2)c2cc(Oc6ccc(CC=C)cc6OC)c(Oc6ccc(CC=C)cc6OC)cc52)-c2cc(Oc5ccc(CC=C)cc5OC)c(Oc5ccc(CC=C)cc5OC)cc2-4)c2cc(Oc4ccc(CC=C)cc4OC)c(Oc4ccc(CC=C)cc4OC)cc32)c(OC)c1. The Bertz CT molecular complexity index is 6600. The molecule has 2 aliphatic rings. The Morgan fingerprint density at radius 1 is 0.184 bits per heavy atom. The fourth-order valence-corrected chi connectivity index (χ4v) is 16.1. The number of nitrogens with zero attached hydrogens (tertiary/aromatic N) is 6. The van der Waals surface area contributed by atoms with Crippen molar-refractivity contribution in [2.75, 3.05) is 56.9 Å². The summed E-state index contributed by atoms with van der Waals surface area (Å²) in [6.45, 7) is 32.1. The minimum atomic E-state index is 0.132. The number of allylic oxidation sites excluding steroid dienone is 8. The molecule has 136 heavy (non-hydrogen) atoms. The Labute approximate surface area is 787 Å². The zero-order valence-corrected chi connectivity index (χ0v) is 76.6. The van der Waals surface area contributed by atoms with E-state index in [9.17, 15) is 0 Å². The number of hydrogen-bond donors (Lipinski definition) is 2. The molecular formula is C112H98N8O16. The number of H-pyrrole nitrogens is 2. The van der Waals surface area contributed by atoms with Crippen molar-refractivity contribution >= 4 is 44.1 Å². The number of aromatic nitrogens is 8. The fourth-order valence-electron chi connectivity index (χ4n) is 16.1. The van der Waals surface area contributed by atoms with Crippen LogP contribution in [0.1, 0.15) is 44.5 Å². The van der Waals surface area contributed by atoms with Crippen molar-refractivity contribution in [3.63, 3.8) is 0 Å². The lowest BCUT2D eigenvalue weighted by molar-refractivity contribution is 0.357. The van der Waals surface area contributed by atoms with Crippen LogP contribution >= 0.6 is 0 Å². The van der Waals surface area contributed by atoms with E-state index in [0.29, 0.717) is 187 Å². The second-order valence-corrected chi connectivity index (χ2v) is 31.6. The first-order valence-electron chi connectivity index (χ1n) is 43.7. The summed E-state index contributed by atoms with van der Waals surface area (Å²) in [5.41, 5.74) is 10.0. The number of ether oxygens (including phenoxy) is 16. The third kappa shape index (κ3) is 19.0. The van der Waals surface area contributed by atoms with Gasteiger partial charge in [-0.25, -0.2) is 29.9 Å². The monoisotopic (exact) mass is 1810 g/mol. The molecule has 12 aromatic carbocycles. The predicted octanol–water partition coefficient (Wildman–Crippen LogP) is 27.1. The smallest absolute Gasteiger partial charge is 0.170 e. The van der Waals surface area contributed by atoms with Gasteiger partial charge in [0.25, 0.3) is 0 Å². The van der Waals surface area contributed by atoms with Gasteiger partial charge in [0.2, 0.25) is 0 Å². The molecule has 5 heterocycles. The summed E-state index contributed by atoms with van der Waals surface area (Å²) in [7, 11) is 12.6. The highest BCUT2D eigenvalue weighted by atomic mass is 16.6. The van der Waals surface area contributed by atoms with Gasteiger partial charge in [-0.1, -0.05) is 97.1 Å². The maximum Gasteiger partial charge on any atom is 0.170 e. The summed E-state index contributed by atoms with van der Waals surface area (Å²) in [5.74, 6) is 8.42. The Balaban J connectivity index is 1.02. The second kappa shape index (κ2) is 40.6. The molecule has 0 fully saturated rings. The lowest BCUT2D eigenvalue weighted by Gasteiger charge is -2.18. The molecule has 0 saturated heterocycles. The molecule has 8 bridgehead atoms. The van der Waals surface area contributed by atoms with Crippen LogP contribution < -0.4 is 75.8 Å². The summed E-state index contributed by atoms with van der Waals surface area (Å²) in [4.78, 5) is 41.2. The van der Waals surface area contributed by atoms with E-state index in [-0.39, 0.29) is 91.9 Å². The molecule has 24 heteroatoms. The van der Waals surface area contributed by atoms with Crippen LogP contribution in [0.15, 0.2) is 295 Å².